The van der Waals surface area contributed by atoms with Gasteiger partial charge in [-0.1, -0.05) is 50.2 Å². The van der Waals surface area contributed by atoms with Gasteiger partial charge < -0.3 is 5.11 Å². The van der Waals surface area contributed by atoms with Gasteiger partial charge in [-0.05, 0) is 23.1 Å². The molecule has 0 bridgehead atoms. The quantitative estimate of drug-likeness (QED) is 0.879. The minimum absolute atomic E-state index is 0.00191. The summed E-state index contributed by atoms with van der Waals surface area (Å²) in [6.45, 7) is 4.21. The Labute approximate surface area is 117 Å². The molecule has 0 saturated heterocycles. The number of hydrogen-bond acceptors (Lipinski definition) is 1. The van der Waals surface area contributed by atoms with Crippen LogP contribution in [0.1, 0.15) is 42.6 Å². The Morgan fingerprint density at radius 1 is 1.00 bits per heavy atom. The first-order valence-electron chi connectivity index (χ1n) is 6.70. The van der Waals surface area contributed by atoms with E-state index in [2.05, 4.69) is 13.8 Å². The fraction of sp³-hybridized carbons (Fsp3) is 0.294. The molecule has 1 N–H and O–H groups in total. The molecule has 0 aliphatic carbocycles. The van der Waals surface area contributed by atoms with Crippen LogP contribution in [0.4, 0.5) is 8.78 Å². The first kappa shape index (κ1) is 14.7. The Bertz CT molecular complexity index is 576. The summed E-state index contributed by atoms with van der Waals surface area (Å²) < 4.78 is 26.7. The average molecular weight is 276 g/mol. The van der Waals surface area contributed by atoms with Crippen LogP contribution in [0.3, 0.4) is 0 Å². The lowest BCUT2D eigenvalue weighted by atomic mass is 9.97. The topological polar surface area (TPSA) is 20.2 Å². The molecule has 20 heavy (non-hydrogen) atoms. The van der Waals surface area contributed by atoms with Crippen molar-refractivity contribution in [2.24, 2.45) is 0 Å². The summed E-state index contributed by atoms with van der Waals surface area (Å²) in [6.07, 6.45) is -0.783. The Hall–Kier alpha value is -1.74. The second-order valence-corrected chi connectivity index (χ2v) is 5.26. The van der Waals surface area contributed by atoms with E-state index >= 15 is 0 Å². The molecule has 0 radical (unpaired) electrons. The van der Waals surface area contributed by atoms with E-state index in [1.165, 1.54) is 17.7 Å². The maximum absolute atomic E-state index is 13.6. The van der Waals surface area contributed by atoms with Crippen molar-refractivity contribution >= 4 is 0 Å². The van der Waals surface area contributed by atoms with E-state index in [0.717, 1.165) is 11.6 Å². The van der Waals surface area contributed by atoms with Crippen LogP contribution in [0.25, 0.3) is 0 Å². The molecular weight excluding hydrogens is 258 g/mol. The smallest absolute Gasteiger partial charge is 0.164 e. The highest BCUT2D eigenvalue weighted by molar-refractivity contribution is 5.28. The molecule has 2 rings (SSSR count). The maximum Gasteiger partial charge on any atom is 0.164 e. The van der Waals surface area contributed by atoms with Gasteiger partial charge in [-0.15, -0.1) is 0 Å². The lowest BCUT2D eigenvalue weighted by Crippen LogP contribution is -2.06. The maximum atomic E-state index is 13.6. The van der Waals surface area contributed by atoms with Crippen molar-refractivity contribution in [3.05, 3.63) is 70.8 Å². The highest BCUT2D eigenvalue weighted by Gasteiger charge is 2.16. The van der Waals surface area contributed by atoms with Crippen LogP contribution in [0.5, 0.6) is 0 Å². The zero-order valence-corrected chi connectivity index (χ0v) is 11.6. The largest absolute Gasteiger partial charge is 0.388 e. The summed E-state index contributed by atoms with van der Waals surface area (Å²) in [4.78, 5) is 0. The van der Waals surface area contributed by atoms with Crippen molar-refractivity contribution in [2.45, 2.75) is 32.3 Å². The van der Waals surface area contributed by atoms with E-state index in [1.54, 1.807) is 0 Å². The Morgan fingerprint density at radius 3 is 2.25 bits per heavy atom. The molecule has 0 fully saturated rings. The van der Waals surface area contributed by atoms with Crippen LogP contribution in [0, 0.1) is 11.6 Å². The van der Waals surface area contributed by atoms with E-state index in [9.17, 15) is 13.9 Å². The predicted molar refractivity (Wildman–Crippen MR) is 75.6 cm³/mol. The molecule has 0 aromatic heterocycles. The van der Waals surface area contributed by atoms with E-state index in [4.69, 9.17) is 0 Å². The van der Waals surface area contributed by atoms with Gasteiger partial charge in [-0.2, -0.15) is 0 Å². The van der Waals surface area contributed by atoms with Crippen molar-refractivity contribution in [3.63, 3.8) is 0 Å². The van der Waals surface area contributed by atoms with Gasteiger partial charge in [0.25, 0.3) is 0 Å². The lowest BCUT2D eigenvalue weighted by Gasteiger charge is -2.13. The van der Waals surface area contributed by atoms with Crippen LogP contribution in [-0.4, -0.2) is 5.11 Å². The molecule has 1 nitrogen and oxygen atoms in total. The molecule has 0 saturated carbocycles. The van der Waals surface area contributed by atoms with Crippen LogP contribution in [0.15, 0.2) is 42.5 Å². The summed E-state index contributed by atoms with van der Waals surface area (Å²) in [6, 6.07) is 11.7. The number of hydrogen-bond donors (Lipinski definition) is 1. The minimum atomic E-state index is -1.05. The van der Waals surface area contributed by atoms with Crippen molar-refractivity contribution in [1.82, 2.24) is 0 Å². The summed E-state index contributed by atoms with van der Waals surface area (Å²) in [5.74, 6) is -1.47. The monoisotopic (exact) mass is 276 g/mol. The van der Waals surface area contributed by atoms with Crippen LogP contribution in [0.2, 0.25) is 0 Å². The molecule has 2 aromatic rings. The Kier molecular flexibility index (Phi) is 4.50. The average Bonchev–Trinajstić information content (AvgIpc) is 2.42. The van der Waals surface area contributed by atoms with Crippen LogP contribution < -0.4 is 0 Å². The molecule has 0 heterocycles. The van der Waals surface area contributed by atoms with Gasteiger partial charge in [0.1, 0.15) is 0 Å². The normalized spacial score (nSPS) is 12.7. The predicted octanol–water partition coefficient (Wildman–Crippen LogP) is 4.36. The standard InChI is InChI=1S/C17H18F2O/c1-11(2)13-8-6-12(7-9-13)10-16(20)14-4-3-5-15(18)17(14)19/h3-9,11,16,20H,10H2,1-2H3. The zero-order valence-electron chi connectivity index (χ0n) is 11.6. The van der Waals surface area contributed by atoms with Gasteiger partial charge in [-0.3, -0.25) is 0 Å². The first-order chi connectivity index (χ1) is 9.49. The fourth-order valence-corrected chi connectivity index (χ4v) is 2.15. The summed E-state index contributed by atoms with van der Waals surface area (Å²) in [5, 5.41) is 10.1. The van der Waals surface area contributed by atoms with Gasteiger partial charge in [0, 0.05) is 12.0 Å². The van der Waals surface area contributed by atoms with Gasteiger partial charge in [0.05, 0.1) is 6.10 Å². The molecule has 1 atom stereocenters. The summed E-state index contributed by atoms with van der Waals surface area (Å²) in [5.41, 5.74) is 2.10. The van der Waals surface area contributed by atoms with Crippen molar-refractivity contribution < 1.29 is 13.9 Å². The third-order valence-corrected chi connectivity index (χ3v) is 3.42. The van der Waals surface area contributed by atoms with E-state index in [-0.39, 0.29) is 12.0 Å². The number of benzene rings is 2. The van der Waals surface area contributed by atoms with E-state index in [1.807, 2.05) is 24.3 Å². The number of aliphatic hydroxyl groups is 1. The molecule has 1 unspecified atom stereocenters. The summed E-state index contributed by atoms with van der Waals surface area (Å²) >= 11 is 0. The fourth-order valence-electron chi connectivity index (χ4n) is 2.15. The zero-order chi connectivity index (χ0) is 14.7. The highest BCUT2D eigenvalue weighted by atomic mass is 19.2. The second kappa shape index (κ2) is 6.14. The van der Waals surface area contributed by atoms with Gasteiger partial charge >= 0.3 is 0 Å². The Morgan fingerprint density at radius 2 is 1.65 bits per heavy atom. The minimum Gasteiger partial charge on any atom is -0.388 e. The lowest BCUT2D eigenvalue weighted by molar-refractivity contribution is 0.172. The highest BCUT2D eigenvalue weighted by Crippen LogP contribution is 2.23. The molecule has 0 amide bonds. The van der Waals surface area contributed by atoms with Gasteiger partial charge in [-0.25, -0.2) is 8.78 Å². The molecule has 106 valence electrons. The van der Waals surface area contributed by atoms with Crippen molar-refractivity contribution in [1.29, 1.82) is 0 Å². The molecule has 0 spiro atoms. The second-order valence-electron chi connectivity index (χ2n) is 5.26. The van der Waals surface area contributed by atoms with Gasteiger partial charge in [0.15, 0.2) is 11.6 Å². The third-order valence-electron chi connectivity index (χ3n) is 3.42. The van der Waals surface area contributed by atoms with Crippen LogP contribution in [-0.2, 0) is 6.42 Å². The molecule has 0 aliphatic rings. The van der Waals surface area contributed by atoms with E-state index in [0.29, 0.717) is 5.92 Å². The number of rotatable bonds is 4. The Balaban J connectivity index is 2.15. The van der Waals surface area contributed by atoms with Crippen molar-refractivity contribution in [2.75, 3.05) is 0 Å². The summed E-state index contributed by atoms with van der Waals surface area (Å²) in [7, 11) is 0. The first-order valence-corrected chi connectivity index (χ1v) is 6.70. The van der Waals surface area contributed by atoms with Crippen LogP contribution >= 0.6 is 0 Å². The van der Waals surface area contributed by atoms with Crippen molar-refractivity contribution in [3.8, 4) is 0 Å². The SMILES string of the molecule is CC(C)c1ccc(CC(O)c2cccc(F)c2F)cc1. The number of halogens is 2. The number of aliphatic hydroxyl groups excluding tert-OH is 1. The van der Waals surface area contributed by atoms with E-state index < -0.39 is 17.7 Å². The molecule has 2 aromatic carbocycles. The third kappa shape index (κ3) is 3.23. The molecule has 0 aliphatic heterocycles. The molecule has 3 heteroatoms. The molecular formula is C17H18F2O. The van der Waals surface area contributed by atoms with Gasteiger partial charge in [0.2, 0.25) is 0 Å².